The van der Waals surface area contributed by atoms with E-state index in [1.807, 2.05) is 0 Å². The number of nitrogens with one attached hydrogen (secondary N) is 1. The van der Waals surface area contributed by atoms with Crippen molar-refractivity contribution in [2.75, 3.05) is 20.3 Å². The molecular formula is C32H32F4N2O6. The number of hydrogen-bond acceptors (Lipinski definition) is 7. The maximum absolute atomic E-state index is 14.7. The molecule has 0 spiro atoms. The van der Waals surface area contributed by atoms with Crippen molar-refractivity contribution in [3.05, 3.63) is 70.7 Å². The number of methoxy groups -OCH3 is 1. The number of benzene rings is 2. The van der Waals surface area contributed by atoms with Gasteiger partial charge in [0.05, 0.1) is 19.4 Å². The fraction of sp³-hybridized carbons (Fsp3) is 0.406. The van der Waals surface area contributed by atoms with Gasteiger partial charge in [-0.15, -0.1) is 0 Å². The van der Waals surface area contributed by atoms with Crippen molar-refractivity contribution >= 4 is 11.7 Å². The summed E-state index contributed by atoms with van der Waals surface area (Å²) >= 11 is 0. The summed E-state index contributed by atoms with van der Waals surface area (Å²) in [6, 6.07) is 9.30. The van der Waals surface area contributed by atoms with Gasteiger partial charge in [-0.05, 0) is 61.4 Å². The number of nitrogens with zero attached hydrogens (tertiary/aromatic N) is 1. The number of Topliss-reactive ketones (excluding diaryl/α,β-unsaturated/α-hetero) is 1. The van der Waals surface area contributed by atoms with Crippen molar-refractivity contribution in [2.45, 2.75) is 63.3 Å². The molecule has 0 aliphatic carbocycles. The number of rotatable bonds is 9. The number of halogens is 4. The Morgan fingerprint density at radius 3 is 2.55 bits per heavy atom. The first kappa shape index (κ1) is 31.2. The molecule has 2 atom stereocenters. The Balaban J connectivity index is 1.47. The Hall–Kier alpha value is -4.19. The minimum Gasteiger partial charge on any atom is -0.493 e. The molecule has 2 aliphatic heterocycles. The second-order valence-electron chi connectivity index (χ2n) is 11.7. The zero-order valence-corrected chi connectivity index (χ0v) is 24.6. The number of hydrogen-bond donors (Lipinski definition) is 2. The molecular weight excluding hydrogens is 584 g/mol. The van der Waals surface area contributed by atoms with Gasteiger partial charge >= 0.3 is 6.18 Å². The lowest BCUT2D eigenvalue weighted by atomic mass is 9.83. The molecule has 0 bridgehead atoms. The fourth-order valence-corrected chi connectivity index (χ4v) is 5.34. The number of aromatic nitrogens is 1. The van der Waals surface area contributed by atoms with Crippen LogP contribution in [0.15, 0.2) is 42.5 Å². The van der Waals surface area contributed by atoms with Gasteiger partial charge in [0.15, 0.2) is 23.4 Å². The van der Waals surface area contributed by atoms with Gasteiger partial charge in [0.2, 0.25) is 5.60 Å². The third-order valence-corrected chi connectivity index (χ3v) is 8.07. The third-order valence-electron chi connectivity index (χ3n) is 8.07. The van der Waals surface area contributed by atoms with Gasteiger partial charge in [-0.2, -0.15) is 13.2 Å². The number of ether oxygens (including phenoxy) is 3. The smallest absolute Gasteiger partial charge is 0.422 e. The van der Waals surface area contributed by atoms with Gasteiger partial charge in [-0.25, -0.2) is 9.37 Å². The maximum Gasteiger partial charge on any atom is 0.422 e. The summed E-state index contributed by atoms with van der Waals surface area (Å²) in [7, 11) is 1.33. The van der Waals surface area contributed by atoms with E-state index >= 15 is 0 Å². The van der Waals surface area contributed by atoms with E-state index in [2.05, 4.69) is 10.3 Å². The molecule has 12 heteroatoms. The first-order valence-corrected chi connectivity index (χ1v) is 14.0. The number of pyridine rings is 1. The first-order chi connectivity index (χ1) is 20.6. The molecule has 0 saturated carbocycles. The molecule has 234 valence electrons. The average Bonchev–Trinajstić information content (AvgIpc) is 3.53. The molecule has 2 aromatic carbocycles. The third kappa shape index (κ3) is 5.70. The molecule has 1 fully saturated rings. The highest BCUT2D eigenvalue weighted by Gasteiger charge is 2.56. The SMILES string of the molecule is COc1cc(C(=O)CC[C@@](O)(c2cc3c(c(-c4ccc(F)c(C)c4)n2)OCC3(C)C)C(F)(F)F)ccc1O[C@H]1CCNC1=O. The van der Waals surface area contributed by atoms with Crippen LogP contribution in [0, 0.1) is 12.7 Å². The molecule has 0 radical (unpaired) electrons. The van der Waals surface area contributed by atoms with Gasteiger partial charge in [-0.1, -0.05) is 13.8 Å². The van der Waals surface area contributed by atoms with Crippen molar-refractivity contribution in [2.24, 2.45) is 0 Å². The molecule has 2 N–H and O–H groups in total. The van der Waals surface area contributed by atoms with Gasteiger partial charge in [0.1, 0.15) is 17.3 Å². The summed E-state index contributed by atoms with van der Waals surface area (Å²) in [4.78, 5) is 29.3. The Morgan fingerprint density at radius 2 is 1.91 bits per heavy atom. The second kappa shape index (κ2) is 11.4. The molecule has 8 nitrogen and oxygen atoms in total. The maximum atomic E-state index is 14.7. The number of fused-ring (bicyclic) bond motifs is 1. The highest BCUT2D eigenvalue weighted by molar-refractivity contribution is 5.96. The van der Waals surface area contributed by atoms with E-state index in [9.17, 15) is 32.3 Å². The van der Waals surface area contributed by atoms with Gasteiger partial charge in [-0.3, -0.25) is 9.59 Å². The van der Waals surface area contributed by atoms with Gasteiger partial charge < -0.3 is 24.6 Å². The van der Waals surface area contributed by atoms with E-state index in [1.165, 1.54) is 56.5 Å². The summed E-state index contributed by atoms with van der Waals surface area (Å²) in [5, 5.41) is 13.9. The summed E-state index contributed by atoms with van der Waals surface area (Å²) < 4.78 is 74.9. The molecule has 0 unspecified atom stereocenters. The van der Waals surface area contributed by atoms with Crippen LogP contribution in [0.25, 0.3) is 11.3 Å². The van der Waals surface area contributed by atoms with Crippen molar-refractivity contribution < 1.29 is 46.5 Å². The van der Waals surface area contributed by atoms with Crippen molar-refractivity contribution in [1.29, 1.82) is 0 Å². The van der Waals surface area contributed by atoms with Crippen LogP contribution in [0.2, 0.25) is 0 Å². The molecule has 1 amide bonds. The normalized spacial score (nSPS) is 18.7. The Bertz CT molecular complexity index is 1620. The van der Waals surface area contributed by atoms with Crippen LogP contribution in [-0.4, -0.2) is 54.3 Å². The zero-order chi connectivity index (χ0) is 32.0. The zero-order valence-electron chi connectivity index (χ0n) is 24.6. The highest BCUT2D eigenvalue weighted by Crippen LogP contribution is 2.49. The summed E-state index contributed by atoms with van der Waals surface area (Å²) in [5.41, 5.74) is -3.83. The molecule has 1 saturated heterocycles. The Kier molecular flexibility index (Phi) is 8.08. The van der Waals surface area contributed by atoms with Gasteiger partial charge in [0, 0.05) is 41.5 Å². The average molecular weight is 617 g/mol. The van der Waals surface area contributed by atoms with Crippen LogP contribution in [0.5, 0.6) is 17.2 Å². The number of aliphatic hydroxyl groups is 1. The number of carbonyl (C=O) groups excluding carboxylic acids is 2. The number of ketones is 1. The quantitative estimate of drug-likeness (QED) is 0.240. The monoisotopic (exact) mass is 616 g/mol. The molecule has 3 heterocycles. The van der Waals surface area contributed by atoms with Crippen molar-refractivity contribution in [3.63, 3.8) is 0 Å². The molecule has 3 aromatic rings. The predicted octanol–water partition coefficient (Wildman–Crippen LogP) is 5.56. The number of alkyl halides is 3. The predicted molar refractivity (Wildman–Crippen MR) is 151 cm³/mol. The lowest BCUT2D eigenvalue weighted by Crippen LogP contribution is -2.43. The standard InChI is InChI=1S/C32H32F4N2O6/c1-17-13-19(5-7-21(17)33)27-28-20(30(2,3)16-43-28)15-26(38-27)31(41,32(34,35)36)11-9-22(39)18-6-8-23(25(14-18)42-4)44-24-10-12-37-29(24)40/h5-8,13-15,24,41H,9-12,16H2,1-4H3,(H,37,40)/t24-,31+/m0/s1. The van der Waals surface area contributed by atoms with Gasteiger partial charge in [0.25, 0.3) is 5.91 Å². The molecule has 44 heavy (non-hydrogen) atoms. The summed E-state index contributed by atoms with van der Waals surface area (Å²) in [5.74, 6) is -0.873. The van der Waals surface area contributed by atoms with E-state index < -0.39 is 53.4 Å². The van der Waals surface area contributed by atoms with E-state index in [0.717, 1.165) is 0 Å². The van der Waals surface area contributed by atoms with E-state index in [1.54, 1.807) is 13.8 Å². The topological polar surface area (TPSA) is 107 Å². The number of aryl methyl sites for hydroxylation is 1. The Morgan fingerprint density at radius 1 is 1.16 bits per heavy atom. The fourth-order valence-electron chi connectivity index (χ4n) is 5.34. The largest absolute Gasteiger partial charge is 0.493 e. The van der Waals surface area contributed by atoms with Crippen LogP contribution >= 0.6 is 0 Å². The van der Waals surface area contributed by atoms with Crippen LogP contribution in [0.1, 0.15) is 60.3 Å². The van der Waals surface area contributed by atoms with Crippen molar-refractivity contribution in [3.8, 4) is 28.5 Å². The number of amides is 1. The minimum absolute atomic E-state index is 0.0357. The summed E-state index contributed by atoms with van der Waals surface area (Å²) in [6.45, 7) is 5.72. The van der Waals surface area contributed by atoms with E-state index in [-0.39, 0.29) is 46.6 Å². The first-order valence-electron chi connectivity index (χ1n) is 14.0. The van der Waals surface area contributed by atoms with E-state index in [4.69, 9.17) is 14.2 Å². The lowest BCUT2D eigenvalue weighted by molar-refractivity contribution is -0.270. The molecule has 2 aliphatic rings. The minimum atomic E-state index is -5.20. The van der Waals surface area contributed by atoms with Crippen LogP contribution in [-0.2, 0) is 15.8 Å². The lowest BCUT2D eigenvalue weighted by Gasteiger charge is -2.31. The highest BCUT2D eigenvalue weighted by atomic mass is 19.4. The van der Waals surface area contributed by atoms with E-state index in [0.29, 0.717) is 24.1 Å². The number of carbonyl (C=O) groups is 2. The second-order valence-corrected chi connectivity index (χ2v) is 11.7. The summed E-state index contributed by atoms with van der Waals surface area (Å²) in [6.07, 6.45) is -7.19. The van der Waals surface area contributed by atoms with Crippen LogP contribution in [0.4, 0.5) is 17.6 Å². The molecule has 1 aromatic heterocycles. The van der Waals surface area contributed by atoms with Crippen LogP contribution in [0.3, 0.4) is 0 Å². The Labute approximate surface area is 251 Å². The molecule has 5 rings (SSSR count). The van der Waals surface area contributed by atoms with Crippen molar-refractivity contribution in [1.82, 2.24) is 10.3 Å². The van der Waals surface area contributed by atoms with Crippen LogP contribution < -0.4 is 19.5 Å².